The third-order valence-electron chi connectivity index (χ3n) is 4.00. The number of aromatic nitrogens is 5. The molecule has 0 aliphatic rings. The van der Waals surface area contributed by atoms with E-state index in [9.17, 15) is 4.79 Å². The van der Waals surface area contributed by atoms with Gasteiger partial charge in [-0.25, -0.2) is 4.98 Å². The van der Waals surface area contributed by atoms with E-state index in [0.29, 0.717) is 18.8 Å². The number of carbonyl (C=O) groups is 1. The minimum Gasteiger partial charge on any atom is -0.306 e. The normalized spacial score (nSPS) is 11.0. The molecular formula is C18H16N6OS. The molecule has 26 heavy (non-hydrogen) atoms. The summed E-state index contributed by atoms with van der Waals surface area (Å²) in [5.41, 5.74) is 2.55. The lowest BCUT2D eigenvalue weighted by Crippen LogP contribution is -2.29. The number of carbonyl (C=O) groups excluding carboxylic acids is 1. The second-order valence-electron chi connectivity index (χ2n) is 5.69. The Labute approximate surface area is 153 Å². The van der Waals surface area contributed by atoms with Crippen LogP contribution in [0.2, 0.25) is 0 Å². The summed E-state index contributed by atoms with van der Waals surface area (Å²) in [5, 5.41) is 14.9. The number of hydrogen-bond donors (Lipinski definition) is 1. The van der Waals surface area contributed by atoms with Gasteiger partial charge in [-0.15, -0.1) is 21.5 Å². The van der Waals surface area contributed by atoms with Crippen molar-refractivity contribution in [3.8, 4) is 11.4 Å². The van der Waals surface area contributed by atoms with Gasteiger partial charge in [-0.3, -0.25) is 4.79 Å². The number of hydrogen-bond acceptors (Lipinski definition) is 6. The fourth-order valence-electron chi connectivity index (χ4n) is 2.73. The Morgan fingerprint density at radius 2 is 2.08 bits per heavy atom. The summed E-state index contributed by atoms with van der Waals surface area (Å²) >= 11 is 1.61. The van der Waals surface area contributed by atoms with Crippen LogP contribution >= 0.6 is 11.3 Å². The molecule has 0 aliphatic carbocycles. The van der Waals surface area contributed by atoms with Crippen LogP contribution in [0.5, 0.6) is 0 Å². The molecule has 1 N–H and O–H groups in total. The zero-order chi connectivity index (χ0) is 17.9. The fourth-order valence-corrected chi connectivity index (χ4v) is 3.69. The third-order valence-corrected chi connectivity index (χ3v) is 5.02. The Morgan fingerprint density at radius 1 is 1.19 bits per heavy atom. The summed E-state index contributed by atoms with van der Waals surface area (Å²) in [6.45, 7) is 2.29. The van der Waals surface area contributed by atoms with Gasteiger partial charge in [0.2, 0.25) is 11.7 Å². The first-order valence-corrected chi connectivity index (χ1v) is 9.05. The summed E-state index contributed by atoms with van der Waals surface area (Å²) in [6.07, 6.45) is 0.414. The summed E-state index contributed by atoms with van der Waals surface area (Å²) in [5.74, 6) is 0.533. The van der Waals surface area contributed by atoms with Gasteiger partial charge in [-0.05, 0) is 29.5 Å². The van der Waals surface area contributed by atoms with E-state index in [1.165, 1.54) is 0 Å². The maximum atomic E-state index is 12.6. The minimum atomic E-state index is 0.0366. The Bertz CT molecular complexity index is 1010. The standard InChI is InChI=1S/C18H16N6OS/c1-2-17(25)24(11-16-19-14-8-3-4-9-15(14)26-16)13-7-5-6-12(10-13)18-20-22-23-21-18/h3-10H,2,11H2,1H3,(H,20,21,22,23). The number of H-pyrrole nitrogens is 1. The second kappa shape index (κ2) is 7.01. The van der Waals surface area contributed by atoms with Gasteiger partial charge in [0.15, 0.2) is 0 Å². The highest BCUT2D eigenvalue weighted by Crippen LogP contribution is 2.27. The van der Waals surface area contributed by atoms with Gasteiger partial charge in [-0.1, -0.05) is 31.2 Å². The van der Waals surface area contributed by atoms with Crippen molar-refractivity contribution in [3.63, 3.8) is 0 Å². The first-order chi connectivity index (χ1) is 12.7. The van der Waals surface area contributed by atoms with E-state index < -0.39 is 0 Å². The number of anilines is 1. The first-order valence-electron chi connectivity index (χ1n) is 8.23. The molecule has 2 aromatic carbocycles. The van der Waals surface area contributed by atoms with Crippen LogP contribution in [0.3, 0.4) is 0 Å². The van der Waals surface area contributed by atoms with Crippen LogP contribution in [0.1, 0.15) is 18.4 Å². The van der Waals surface area contributed by atoms with E-state index in [-0.39, 0.29) is 5.91 Å². The van der Waals surface area contributed by atoms with Crippen LogP contribution in [-0.2, 0) is 11.3 Å². The van der Waals surface area contributed by atoms with Gasteiger partial charge >= 0.3 is 0 Å². The quantitative estimate of drug-likeness (QED) is 0.586. The molecule has 2 aromatic heterocycles. The minimum absolute atomic E-state index is 0.0366. The van der Waals surface area contributed by atoms with E-state index in [4.69, 9.17) is 0 Å². The molecule has 0 spiro atoms. The molecule has 7 nitrogen and oxygen atoms in total. The molecule has 4 aromatic rings. The Balaban J connectivity index is 1.69. The molecule has 0 aliphatic heterocycles. The lowest BCUT2D eigenvalue weighted by atomic mass is 10.1. The van der Waals surface area contributed by atoms with E-state index >= 15 is 0 Å². The predicted molar refractivity (Wildman–Crippen MR) is 101 cm³/mol. The van der Waals surface area contributed by atoms with Gasteiger partial charge < -0.3 is 4.90 Å². The molecule has 0 bridgehead atoms. The molecule has 1 amide bonds. The van der Waals surface area contributed by atoms with Crippen LogP contribution < -0.4 is 4.90 Å². The summed E-state index contributed by atoms with van der Waals surface area (Å²) in [6, 6.07) is 15.6. The number of benzene rings is 2. The van der Waals surface area contributed by atoms with Crippen LogP contribution in [-0.4, -0.2) is 31.5 Å². The van der Waals surface area contributed by atoms with Crippen LogP contribution in [0.15, 0.2) is 48.5 Å². The number of nitrogens with zero attached hydrogens (tertiary/aromatic N) is 5. The second-order valence-corrected chi connectivity index (χ2v) is 6.81. The van der Waals surface area contributed by atoms with Gasteiger partial charge in [0, 0.05) is 17.7 Å². The molecule has 0 unspecified atom stereocenters. The van der Waals surface area contributed by atoms with Crippen LogP contribution in [0.4, 0.5) is 5.69 Å². The highest BCUT2D eigenvalue weighted by molar-refractivity contribution is 7.18. The van der Waals surface area contributed by atoms with Crippen molar-refractivity contribution in [2.75, 3.05) is 4.90 Å². The Hall–Kier alpha value is -3.13. The lowest BCUT2D eigenvalue weighted by molar-refractivity contribution is -0.118. The maximum Gasteiger partial charge on any atom is 0.227 e. The molecule has 0 atom stereocenters. The number of para-hydroxylation sites is 1. The fraction of sp³-hybridized carbons (Fsp3) is 0.167. The molecule has 0 fully saturated rings. The molecular weight excluding hydrogens is 348 g/mol. The topological polar surface area (TPSA) is 87.7 Å². The third kappa shape index (κ3) is 3.18. The molecule has 0 saturated heterocycles. The molecule has 2 heterocycles. The molecule has 130 valence electrons. The van der Waals surface area contributed by atoms with Gasteiger partial charge in [0.25, 0.3) is 0 Å². The monoisotopic (exact) mass is 364 g/mol. The zero-order valence-electron chi connectivity index (χ0n) is 14.1. The largest absolute Gasteiger partial charge is 0.306 e. The van der Waals surface area contributed by atoms with Gasteiger partial charge in [-0.2, -0.15) is 5.21 Å². The van der Waals surface area contributed by atoms with Crippen molar-refractivity contribution in [1.29, 1.82) is 0 Å². The smallest absolute Gasteiger partial charge is 0.227 e. The van der Waals surface area contributed by atoms with E-state index in [2.05, 4.69) is 25.6 Å². The van der Waals surface area contributed by atoms with E-state index in [0.717, 1.165) is 26.5 Å². The van der Waals surface area contributed by atoms with Gasteiger partial charge in [0.05, 0.1) is 16.8 Å². The average molecular weight is 364 g/mol. The van der Waals surface area contributed by atoms with Crippen molar-refractivity contribution in [3.05, 3.63) is 53.5 Å². The number of rotatable bonds is 5. The van der Waals surface area contributed by atoms with E-state index in [1.54, 1.807) is 16.2 Å². The van der Waals surface area contributed by atoms with Crippen molar-refractivity contribution >= 4 is 33.1 Å². The number of amides is 1. The number of nitrogens with one attached hydrogen (secondary N) is 1. The highest BCUT2D eigenvalue weighted by Gasteiger charge is 2.18. The Kier molecular flexibility index (Phi) is 4.40. The van der Waals surface area contributed by atoms with Crippen LogP contribution in [0.25, 0.3) is 21.6 Å². The average Bonchev–Trinajstić information content (AvgIpc) is 3.35. The highest BCUT2D eigenvalue weighted by atomic mass is 32.1. The van der Waals surface area contributed by atoms with Gasteiger partial charge in [0.1, 0.15) is 5.01 Å². The predicted octanol–water partition coefficient (Wildman–Crippen LogP) is 3.42. The van der Waals surface area contributed by atoms with Crippen molar-refractivity contribution < 1.29 is 4.79 Å². The van der Waals surface area contributed by atoms with Crippen LogP contribution in [0, 0.1) is 0 Å². The molecule has 0 saturated carbocycles. The SMILES string of the molecule is CCC(=O)N(Cc1nc2ccccc2s1)c1cccc(-c2nn[nH]n2)c1. The summed E-state index contributed by atoms with van der Waals surface area (Å²) in [4.78, 5) is 19.0. The number of tetrazole rings is 1. The number of aromatic amines is 1. The summed E-state index contributed by atoms with van der Waals surface area (Å²) < 4.78 is 1.12. The first kappa shape index (κ1) is 16.3. The number of thiazole rings is 1. The lowest BCUT2D eigenvalue weighted by Gasteiger charge is -2.21. The van der Waals surface area contributed by atoms with Crippen molar-refractivity contribution in [1.82, 2.24) is 25.6 Å². The van der Waals surface area contributed by atoms with Crippen molar-refractivity contribution in [2.24, 2.45) is 0 Å². The summed E-state index contributed by atoms with van der Waals surface area (Å²) in [7, 11) is 0. The number of fused-ring (bicyclic) bond motifs is 1. The Morgan fingerprint density at radius 3 is 2.85 bits per heavy atom. The zero-order valence-corrected chi connectivity index (χ0v) is 14.9. The van der Waals surface area contributed by atoms with E-state index in [1.807, 2.05) is 55.5 Å². The molecule has 4 rings (SSSR count). The van der Waals surface area contributed by atoms with Crippen molar-refractivity contribution in [2.45, 2.75) is 19.9 Å². The molecule has 8 heteroatoms. The maximum absolute atomic E-state index is 12.6. The molecule has 0 radical (unpaired) electrons.